The molecule has 0 bridgehead atoms. The Morgan fingerprint density at radius 3 is 2.62 bits per heavy atom. The van der Waals surface area contributed by atoms with Gasteiger partial charge in [0.1, 0.15) is 11.3 Å². The zero-order chi connectivity index (χ0) is 19.0. The molecule has 0 radical (unpaired) electrons. The number of nitrogens with zero attached hydrogens (tertiary/aromatic N) is 2. The van der Waals surface area contributed by atoms with E-state index in [-0.39, 0.29) is 12.5 Å². The third-order valence-electron chi connectivity index (χ3n) is 4.78. The summed E-state index contributed by atoms with van der Waals surface area (Å²) in [5, 5.41) is 9.52. The molecule has 1 fully saturated rings. The monoisotopic (exact) mass is 356 g/mol. The lowest BCUT2D eigenvalue weighted by Gasteiger charge is -2.38. The fraction of sp³-hybridized carbons (Fsp3) is 0.450. The molecular weight excluding hydrogens is 332 g/mol. The lowest BCUT2D eigenvalue weighted by Crippen LogP contribution is -2.51. The number of carbonyl (C=O) groups is 2. The summed E-state index contributed by atoms with van der Waals surface area (Å²) in [6.45, 7) is -0.380. The van der Waals surface area contributed by atoms with E-state index in [0.717, 1.165) is 24.8 Å². The van der Waals surface area contributed by atoms with Crippen LogP contribution in [0.5, 0.6) is 5.75 Å². The normalized spacial score (nSPS) is 15.9. The van der Waals surface area contributed by atoms with Crippen LogP contribution in [-0.2, 0) is 14.3 Å². The maximum atomic E-state index is 12.3. The fourth-order valence-electron chi connectivity index (χ4n) is 3.14. The van der Waals surface area contributed by atoms with E-state index in [1.165, 1.54) is 11.0 Å². The fourth-order valence-corrected chi connectivity index (χ4v) is 3.14. The number of esters is 1. The number of carbonyl (C=O) groups excluding carboxylic acids is 2. The minimum atomic E-state index is -0.783. The van der Waals surface area contributed by atoms with E-state index < -0.39 is 11.5 Å². The van der Waals surface area contributed by atoms with Gasteiger partial charge in [-0.05, 0) is 25.0 Å². The molecule has 0 saturated heterocycles. The van der Waals surface area contributed by atoms with Crippen molar-refractivity contribution >= 4 is 18.0 Å². The van der Waals surface area contributed by atoms with Gasteiger partial charge in [0.05, 0.1) is 13.2 Å². The summed E-state index contributed by atoms with van der Waals surface area (Å²) >= 11 is 0. The van der Waals surface area contributed by atoms with E-state index in [1.54, 1.807) is 32.4 Å². The Morgan fingerprint density at radius 2 is 1.96 bits per heavy atom. The van der Waals surface area contributed by atoms with Crippen LogP contribution in [0.1, 0.15) is 37.7 Å². The number of ether oxygens (including phenoxy) is 2. The molecule has 1 aromatic rings. The highest BCUT2D eigenvalue weighted by molar-refractivity contribution is 5.89. The van der Waals surface area contributed by atoms with Crippen molar-refractivity contribution in [2.45, 2.75) is 37.6 Å². The molecule has 0 unspecified atom stereocenters. The van der Waals surface area contributed by atoms with Gasteiger partial charge in [-0.3, -0.25) is 4.79 Å². The molecule has 0 spiro atoms. The Kier molecular flexibility index (Phi) is 6.79. The first kappa shape index (κ1) is 19.5. The summed E-state index contributed by atoms with van der Waals surface area (Å²) in [6, 6.07) is 9.54. The molecule has 26 heavy (non-hydrogen) atoms. The number of nitriles is 1. The molecule has 0 atom stereocenters. The predicted molar refractivity (Wildman–Crippen MR) is 97.2 cm³/mol. The van der Waals surface area contributed by atoms with Crippen LogP contribution in [0.4, 0.5) is 0 Å². The molecule has 1 saturated carbocycles. The molecule has 0 aliphatic heterocycles. The van der Waals surface area contributed by atoms with Crippen LogP contribution < -0.4 is 4.74 Å². The van der Waals surface area contributed by atoms with Gasteiger partial charge in [0.15, 0.2) is 6.61 Å². The number of para-hydroxylation sites is 1. The first-order chi connectivity index (χ1) is 12.5. The second kappa shape index (κ2) is 9.04. The number of hydrogen-bond donors (Lipinski definition) is 0. The molecule has 1 aromatic carbocycles. The van der Waals surface area contributed by atoms with Crippen LogP contribution in [0.15, 0.2) is 30.3 Å². The van der Waals surface area contributed by atoms with Crippen molar-refractivity contribution in [1.82, 2.24) is 4.90 Å². The summed E-state index contributed by atoms with van der Waals surface area (Å²) in [5.41, 5.74) is -0.0457. The highest BCUT2D eigenvalue weighted by Crippen LogP contribution is 2.32. The van der Waals surface area contributed by atoms with Gasteiger partial charge >= 0.3 is 5.97 Å². The number of rotatable bonds is 6. The molecule has 2 rings (SSSR count). The quantitative estimate of drug-likeness (QED) is 0.578. The van der Waals surface area contributed by atoms with E-state index in [4.69, 9.17) is 9.47 Å². The van der Waals surface area contributed by atoms with Gasteiger partial charge in [0, 0.05) is 18.7 Å². The number of amides is 1. The first-order valence-electron chi connectivity index (χ1n) is 8.68. The second-order valence-corrected chi connectivity index (χ2v) is 6.34. The lowest BCUT2D eigenvalue weighted by molar-refractivity contribution is -0.150. The van der Waals surface area contributed by atoms with Crippen molar-refractivity contribution in [2.75, 3.05) is 20.8 Å². The topological polar surface area (TPSA) is 79.6 Å². The molecule has 0 heterocycles. The summed E-state index contributed by atoms with van der Waals surface area (Å²) < 4.78 is 10.2. The molecule has 1 aliphatic carbocycles. The van der Waals surface area contributed by atoms with Crippen LogP contribution in [0.3, 0.4) is 0 Å². The average molecular weight is 356 g/mol. The Hall–Kier alpha value is -2.81. The van der Waals surface area contributed by atoms with Crippen molar-refractivity contribution in [1.29, 1.82) is 5.26 Å². The summed E-state index contributed by atoms with van der Waals surface area (Å²) in [6.07, 6.45) is 7.08. The van der Waals surface area contributed by atoms with E-state index >= 15 is 0 Å². The largest absolute Gasteiger partial charge is 0.496 e. The predicted octanol–water partition coefficient (Wildman–Crippen LogP) is 2.94. The smallest absolute Gasteiger partial charge is 0.331 e. The maximum absolute atomic E-state index is 12.3. The second-order valence-electron chi connectivity index (χ2n) is 6.34. The van der Waals surface area contributed by atoms with E-state index in [0.29, 0.717) is 18.6 Å². The van der Waals surface area contributed by atoms with Crippen molar-refractivity contribution in [2.24, 2.45) is 0 Å². The van der Waals surface area contributed by atoms with Gasteiger partial charge in [-0.1, -0.05) is 37.5 Å². The first-order valence-corrected chi connectivity index (χ1v) is 8.68. The molecule has 0 N–H and O–H groups in total. The number of methoxy groups -OCH3 is 1. The molecule has 1 aliphatic rings. The highest BCUT2D eigenvalue weighted by Gasteiger charge is 2.38. The van der Waals surface area contributed by atoms with Crippen LogP contribution in [-0.4, -0.2) is 43.1 Å². The number of likely N-dealkylation sites (N-methyl/N-ethyl adjacent to an activating group) is 1. The Morgan fingerprint density at radius 1 is 1.27 bits per heavy atom. The summed E-state index contributed by atoms with van der Waals surface area (Å²) in [7, 11) is 3.16. The Balaban J connectivity index is 1.91. The maximum Gasteiger partial charge on any atom is 0.331 e. The minimum Gasteiger partial charge on any atom is -0.496 e. The molecule has 6 nitrogen and oxygen atoms in total. The summed E-state index contributed by atoms with van der Waals surface area (Å²) in [4.78, 5) is 25.7. The zero-order valence-electron chi connectivity index (χ0n) is 15.2. The third-order valence-corrected chi connectivity index (χ3v) is 4.78. The lowest BCUT2D eigenvalue weighted by atomic mass is 9.81. The van der Waals surface area contributed by atoms with Crippen molar-refractivity contribution in [3.8, 4) is 11.8 Å². The standard InChI is InChI=1S/C20H24N2O4/c1-22(20(15-21)12-6-3-7-13-20)18(23)14-26-19(24)11-10-16-8-4-5-9-17(16)25-2/h4-5,8-11H,3,6-7,12-14H2,1-2H3/b11-10+. The third kappa shape index (κ3) is 4.63. The average Bonchev–Trinajstić information content (AvgIpc) is 2.70. The molecule has 1 amide bonds. The van der Waals surface area contributed by atoms with Gasteiger partial charge < -0.3 is 14.4 Å². The minimum absolute atomic E-state index is 0.368. The molecule has 0 aromatic heterocycles. The van der Waals surface area contributed by atoms with Crippen molar-refractivity contribution in [3.05, 3.63) is 35.9 Å². The van der Waals surface area contributed by atoms with Crippen molar-refractivity contribution < 1.29 is 19.1 Å². The van der Waals surface area contributed by atoms with Gasteiger partial charge in [0.2, 0.25) is 0 Å². The van der Waals surface area contributed by atoms with Crippen LogP contribution in [0.25, 0.3) is 6.08 Å². The molecule has 6 heteroatoms. The number of benzene rings is 1. The highest BCUT2D eigenvalue weighted by atomic mass is 16.5. The van der Waals surface area contributed by atoms with Gasteiger partial charge in [0.25, 0.3) is 5.91 Å². The summed E-state index contributed by atoms with van der Waals surface area (Å²) in [5.74, 6) is -0.347. The number of hydrogen-bond acceptors (Lipinski definition) is 5. The van der Waals surface area contributed by atoms with E-state index in [9.17, 15) is 14.9 Å². The van der Waals surface area contributed by atoms with Crippen LogP contribution in [0.2, 0.25) is 0 Å². The van der Waals surface area contributed by atoms with Gasteiger partial charge in [-0.25, -0.2) is 4.79 Å². The van der Waals surface area contributed by atoms with Crippen LogP contribution in [0, 0.1) is 11.3 Å². The van der Waals surface area contributed by atoms with Crippen LogP contribution >= 0.6 is 0 Å². The Bertz CT molecular complexity index is 715. The molecular formula is C20H24N2O4. The molecule has 138 valence electrons. The van der Waals surface area contributed by atoms with E-state index in [2.05, 4.69) is 6.07 Å². The Labute approximate surface area is 154 Å². The van der Waals surface area contributed by atoms with Gasteiger partial charge in [-0.2, -0.15) is 5.26 Å². The zero-order valence-corrected chi connectivity index (χ0v) is 15.2. The SMILES string of the molecule is COc1ccccc1/C=C/C(=O)OCC(=O)N(C)C1(C#N)CCCCC1. The van der Waals surface area contributed by atoms with Crippen molar-refractivity contribution in [3.63, 3.8) is 0 Å². The van der Waals surface area contributed by atoms with Gasteiger partial charge in [-0.15, -0.1) is 0 Å². The van der Waals surface area contributed by atoms with E-state index in [1.807, 2.05) is 12.1 Å².